The van der Waals surface area contributed by atoms with Gasteiger partial charge < -0.3 is 5.73 Å². The minimum Gasteiger partial charge on any atom is -0.323 e. The van der Waals surface area contributed by atoms with Gasteiger partial charge in [0.1, 0.15) is 0 Å². The van der Waals surface area contributed by atoms with E-state index in [0.29, 0.717) is 6.42 Å². The molecule has 2 rings (SSSR count). The van der Waals surface area contributed by atoms with Gasteiger partial charge in [0.15, 0.2) is 0 Å². The highest BCUT2D eigenvalue weighted by molar-refractivity contribution is 5.30. The Balaban J connectivity index is 2.14. The number of terminal acetylenes is 1. The summed E-state index contributed by atoms with van der Waals surface area (Å²) in [6.07, 6.45) is 8.58. The van der Waals surface area contributed by atoms with E-state index in [4.69, 9.17) is 12.2 Å². The van der Waals surface area contributed by atoms with Crippen LogP contribution < -0.4 is 5.73 Å². The molecule has 17 heavy (non-hydrogen) atoms. The first-order valence-electron chi connectivity index (χ1n) is 5.61. The number of nitrogens with two attached hydrogens (primary N) is 1. The predicted octanol–water partition coefficient (Wildman–Crippen LogP) is 2.29. The first kappa shape index (κ1) is 11.4. The number of para-hydroxylation sites is 1. The van der Waals surface area contributed by atoms with E-state index in [1.54, 1.807) is 0 Å². The summed E-state index contributed by atoms with van der Waals surface area (Å²) in [5.74, 6) is 2.59. The number of nitrogens with zero attached hydrogens (tertiary/aromatic N) is 2. The maximum Gasteiger partial charge on any atom is 0.0796 e. The highest BCUT2D eigenvalue weighted by Crippen LogP contribution is 2.15. The summed E-state index contributed by atoms with van der Waals surface area (Å²) in [7, 11) is 0. The zero-order chi connectivity index (χ0) is 12.1. The summed E-state index contributed by atoms with van der Waals surface area (Å²) < 4.78 is 1.82. The van der Waals surface area contributed by atoms with E-state index < -0.39 is 0 Å². The fourth-order valence-corrected chi connectivity index (χ4v) is 1.65. The van der Waals surface area contributed by atoms with Gasteiger partial charge in [-0.05, 0) is 24.6 Å². The Bertz CT molecular complexity index is 508. The van der Waals surface area contributed by atoms with Crippen molar-refractivity contribution in [2.75, 3.05) is 0 Å². The van der Waals surface area contributed by atoms with Crippen molar-refractivity contribution in [3.8, 4) is 18.0 Å². The summed E-state index contributed by atoms with van der Waals surface area (Å²) in [5.41, 5.74) is 7.91. The molecule has 1 atom stereocenters. The average molecular weight is 225 g/mol. The second-order valence-electron chi connectivity index (χ2n) is 3.87. The molecule has 0 spiro atoms. The molecule has 0 saturated heterocycles. The van der Waals surface area contributed by atoms with Crippen molar-refractivity contribution in [2.45, 2.75) is 18.9 Å². The molecule has 1 heterocycles. The summed E-state index contributed by atoms with van der Waals surface area (Å²) in [6, 6.07) is 11.8. The van der Waals surface area contributed by atoms with Gasteiger partial charge in [0.05, 0.1) is 11.4 Å². The van der Waals surface area contributed by atoms with E-state index in [2.05, 4.69) is 11.0 Å². The van der Waals surface area contributed by atoms with Crippen LogP contribution in [-0.4, -0.2) is 9.78 Å². The zero-order valence-electron chi connectivity index (χ0n) is 9.58. The van der Waals surface area contributed by atoms with Crippen LogP contribution in [0.15, 0.2) is 42.6 Å². The summed E-state index contributed by atoms with van der Waals surface area (Å²) in [6.45, 7) is 0. The molecule has 1 aromatic carbocycles. The van der Waals surface area contributed by atoms with Crippen molar-refractivity contribution in [1.29, 1.82) is 0 Å². The normalized spacial score (nSPS) is 12.0. The average Bonchev–Trinajstić information content (AvgIpc) is 2.86. The van der Waals surface area contributed by atoms with Crippen molar-refractivity contribution in [3.05, 3.63) is 48.3 Å². The van der Waals surface area contributed by atoms with Gasteiger partial charge in [0.2, 0.25) is 0 Å². The molecule has 0 aliphatic rings. The molecule has 1 unspecified atom stereocenters. The number of benzene rings is 1. The quantitative estimate of drug-likeness (QED) is 0.811. The van der Waals surface area contributed by atoms with Crippen molar-refractivity contribution in [2.24, 2.45) is 5.73 Å². The fourth-order valence-electron chi connectivity index (χ4n) is 1.65. The number of hydrogen-bond acceptors (Lipinski definition) is 2. The van der Waals surface area contributed by atoms with Gasteiger partial charge >= 0.3 is 0 Å². The third kappa shape index (κ3) is 2.74. The second kappa shape index (κ2) is 5.33. The van der Waals surface area contributed by atoms with Crippen molar-refractivity contribution in [1.82, 2.24) is 9.78 Å². The molecule has 0 fully saturated rings. The molecule has 0 aliphatic carbocycles. The van der Waals surface area contributed by atoms with Gasteiger partial charge in [-0.3, -0.25) is 0 Å². The minimum absolute atomic E-state index is 0.0870. The van der Waals surface area contributed by atoms with Gasteiger partial charge in [0, 0.05) is 18.7 Å². The molecule has 3 heteroatoms. The molecule has 0 amide bonds. The minimum atomic E-state index is -0.0870. The van der Waals surface area contributed by atoms with E-state index in [9.17, 15) is 0 Å². The highest BCUT2D eigenvalue weighted by Gasteiger charge is 2.09. The third-order valence-electron chi connectivity index (χ3n) is 2.61. The van der Waals surface area contributed by atoms with E-state index >= 15 is 0 Å². The molecule has 3 nitrogen and oxygen atoms in total. The van der Waals surface area contributed by atoms with Gasteiger partial charge in [-0.1, -0.05) is 18.2 Å². The number of aromatic nitrogens is 2. The summed E-state index contributed by atoms with van der Waals surface area (Å²) in [5, 5.41) is 4.46. The standard InChI is InChI=1S/C14H15N3/c1-2-3-9-13(15)14-10-11-17(16-14)12-7-5-4-6-8-12/h1,4-8,10-11,13H,3,9,15H2. The Kier molecular flexibility index (Phi) is 3.59. The van der Waals surface area contributed by atoms with Gasteiger partial charge in [0.25, 0.3) is 0 Å². The highest BCUT2D eigenvalue weighted by atomic mass is 15.3. The van der Waals surface area contributed by atoms with Gasteiger partial charge in [-0.2, -0.15) is 5.10 Å². The summed E-state index contributed by atoms with van der Waals surface area (Å²) in [4.78, 5) is 0. The molecule has 2 aromatic rings. The Morgan fingerprint density at radius 3 is 2.76 bits per heavy atom. The van der Waals surface area contributed by atoms with Crippen LogP contribution in [0.3, 0.4) is 0 Å². The first-order valence-corrected chi connectivity index (χ1v) is 5.61. The van der Waals surface area contributed by atoms with Crippen molar-refractivity contribution < 1.29 is 0 Å². The summed E-state index contributed by atoms with van der Waals surface area (Å²) >= 11 is 0. The molecular formula is C14H15N3. The SMILES string of the molecule is C#CCCC(N)c1ccn(-c2ccccc2)n1. The monoisotopic (exact) mass is 225 g/mol. The van der Waals surface area contributed by atoms with E-state index in [-0.39, 0.29) is 6.04 Å². The lowest BCUT2D eigenvalue weighted by Crippen LogP contribution is -2.11. The van der Waals surface area contributed by atoms with Gasteiger partial charge in [-0.25, -0.2) is 4.68 Å². The van der Waals surface area contributed by atoms with E-state index in [1.165, 1.54) is 0 Å². The third-order valence-corrected chi connectivity index (χ3v) is 2.61. The first-order chi connectivity index (χ1) is 8.31. The van der Waals surface area contributed by atoms with Crippen LogP contribution in [0.2, 0.25) is 0 Å². The van der Waals surface area contributed by atoms with Crippen molar-refractivity contribution >= 4 is 0 Å². The zero-order valence-corrected chi connectivity index (χ0v) is 9.58. The predicted molar refractivity (Wildman–Crippen MR) is 68.6 cm³/mol. The molecule has 0 aliphatic heterocycles. The van der Waals surface area contributed by atoms with E-state index in [1.807, 2.05) is 47.3 Å². The lowest BCUT2D eigenvalue weighted by molar-refractivity contribution is 0.636. The number of hydrogen-bond donors (Lipinski definition) is 1. The van der Waals surface area contributed by atoms with Crippen molar-refractivity contribution in [3.63, 3.8) is 0 Å². The Hall–Kier alpha value is -2.05. The molecule has 2 N–H and O–H groups in total. The lowest BCUT2D eigenvalue weighted by Gasteiger charge is -2.06. The molecule has 0 radical (unpaired) electrons. The topological polar surface area (TPSA) is 43.8 Å². The van der Waals surface area contributed by atoms with Crippen LogP contribution in [0.4, 0.5) is 0 Å². The fraction of sp³-hybridized carbons (Fsp3) is 0.214. The largest absolute Gasteiger partial charge is 0.323 e. The van der Waals surface area contributed by atoms with Crippen LogP contribution in [0.5, 0.6) is 0 Å². The van der Waals surface area contributed by atoms with Crippen LogP contribution in [0.1, 0.15) is 24.6 Å². The van der Waals surface area contributed by atoms with Gasteiger partial charge in [-0.15, -0.1) is 12.3 Å². The van der Waals surface area contributed by atoms with Crippen LogP contribution in [0, 0.1) is 12.3 Å². The van der Waals surface area contributed by atoms with Crippen LogP contribution in [0.25, 0.3) is 5.69 Å². The van der Waals surface area contributed by atoms with Crippen LogP contribution >= 0.6 is 0 Å². The second-order valence-corrected chi connectivity index (χ2v) is 3.87. The Morgan fingerprint density at radius 1 is 1.29 bits per heavy atom. The Morgan fingerprint density at radius 2 is 2.06 bits per heavy atom. The maximum absolute atomic E-state index is 6.00. The lowest BCUT2D eigenvalue weighted by atomic mass is 10.1. The van der Waals surface area contributed by atoms with Crippen LogP contribution in [-0.2, 0) is 0 Å². The Labute approximate surface area is 101 Å². The maximum atomic E-state index is 6.00. The number of rotatable bonds is 4. The van der Waals surface area contributed by atoms with E-state index in [0.717, 1.165) is 17.8 Å². The smallest absolute Gasteiger partial charge is 0.0796 e. The molecule has 0 saturated carbocycles. The molecular weight excluding hydrogens is 210 g/mol. The molecule has 86 valence electrons. The molecule has 1 aromatic heterocycles. The molecule has 0 bridgehead atoms.